The Morgan fingerprint density at radius 1 is 1.07 bits per heavy atom. The number of nitrogens with zero attached hydrogens (tertiary/aromatic N) is 2. The van der Waals surface area contributed by atoms with E-state index in [4.69, 9.17) is 4.74 Å². The normalized spacial score (nSPS) is 16.6. The number of amides is 3. The standard InChI is InChI=1S/C31H31N5O4S2/c1-40-23-5-2-4-21(14-23)28(37)33-15-19-7-9-20(10-8-19)26-16-34-30(42-26)22-17-36(18-22)31(39)25-11-12-27(41-25)35-29(38)24-6-3-13-32-24/h2,4-5,7-12,14,16,22,24,32H,3,6,13,15,17-18H2,1H3,(H,33,37)(H,35,38)/t24-/m0/s1. The molecule has 4 heterocycles. The smallest absolute Gasteiger partial charge is 0.264 e. The molecule has 9 nitrogen and oxygen atoms in total. The van der Waals surface area contributed by atoms with Crippen molar-refractivity contribution in [3.05, 3.63) is 87.9 Å². The molecule has 0 bridgehead atoms. The van der Waals surface area contributed by atoms with Crippen LogP contribution >= 0.6 is 22.7 Å². The monoisotopic (exact) mass is 601 g/mol. The first-order valence-corrected chi connectivity index (χ1v) is 15.5. The van der Waals surface area contributed by atoms with Crippen LogP contribution < -0.4 is 20.7 Å². The maximum Gasteiger partial charge on any atom is 0.264 e. The molecule has 2 aromatic heterocycles. The van der Waals surface area contributed by atoms with Crippen LogP contribution in [0.25, 0.3) is 10.4 Å². The second-order valence-electron chi connectivity index (χ2n) is 10.4. The molecule has 1 atom stereocenters. The fourth-order valence-corrected chi connectivity index (χ4v) is 6.92. The summed E-state index contributed by atoms with van der Waals surface area (Å²) in [4.78, 5) is 46.0. The summed E-state index contributed by atoms with van der Waals surface area (Å²) < 4.78 is 5.19. The average molecular weight is 602 g/mol. The van der Waals surface area contributed by atoms with Crippen LogP contribution in [0.2, 0.25) is 0 Å². The molecule has 11 heteroatoms. The lowest BCUT2D eigenvalue weighted by molar-refractivity contribution is -0.117. The molecule has 0 saturated carbocycles. The average Bonchev–Trinajstić information content (AvgIpc) is 3.78. The van der Waals surface area contributed by atoms with Crippen molar-refractivity contribution >= 4 is 45.4 Å². The zero-order valence-corrected chi connectivity index (χ0v) is 24.7. The van der Waals surface area contributed by atoms with Gasteiger partial charge in [0.25, 0.3) is 11.8 Å². The Hall–Kier alpha value is -4.06. The van der Waals surface area contributed by atoms with Crippen LogP contribution in [0.5, 0.6) is 5.75 Å². The Bertz CT molecular complexity index is 1590. The molecule has 2 fully saturated rings. The second kappa shape index (κ2) is 12.4. The Morgan fingerprint density at radius 2 is 1.90 bits per heavy atom. The lowest BCUT2D eigenvalue weighted by Gasteiger charge is -2.37. The number of carbonyl (C=O) groups excluding carboxylic acids is 3. The zero-order valence-electron chi connectivity index (χ0n) is 23.1. The van der Waals surface area contributed by atoms with E-state index < -0.39 is 0 Å². The van der Waals surface area contributed by atoms with Crippen LogP contribution in [0.1, 0.15) is 49.4 Å². The molecule has 216 valence electrons. The number of thiazole rings is 1. The van der Waals surface area contributed by atoms with Crippen molar-refractivity contribution in [1.29, 1.82) is 0 Å². The number of anilines is 1. The molecule has 2 saturated heterocycles. The largest absolute Gasteiger partial charge is 0.497 e. The third kappa shape index (κ3) is 6.23. The van der Waals surface area contributed by atoms with Crippen LogP contribution in [0.4, 0.5) is 5.00 Å². The Morgan fingerprint density at radius 3 is 2.67 bits per heavy atom. The third-order valence-corrected chi connectivity index (χ3v) is 9.70. The van der Waals surface area contributed by atoms with Gasteiger partial charge in [0.05, 0.1) is 32.9 Å². The third-order valence-electron chi connectivity index (χ3n) is 7.51. The molecule has 0 spiro atoms. The molecule has 0 unspecified atom stereocenters. The van der Waals surface area contributed by atoms with Gasteiger partial charge in [-0.15, -0.1) is 22.7 Å². The first-order chi connectivity index (χ1) is 20.5. The van der Waals surface area contributed by atoms with Gasteiger partial charge in [-0.3, -0.25) is 14.4 Å². The van der Waals surface area contributed by atoms with Gasteiger partial charge in [-0.05, 0) is 60.8 Å². The number of carbonyl (C=O) groups is 3. The van der Waals surface area contributed by atoms with Crippen LogP contribution in [-0.4, -0.2) is 60.4 Å². The second-order valence-corrected chi connectivity index (χ2v) is 12.5. The summed E-state index contributed by atoms with van der Waals surface area (Å²) in [6.45, 7) is 2.54. The van der Waals surface area contributed by atoms with Gasteiger partial charge in [0.1, 0.15) is 5.75 Å². The van der Waals surface area contributed by atoms with E-state index in [1.165, 1.54) is 11.3 Å². The number of rotatable bonds is 9. The zero-order chi connectivity index (χ0) is 29.1. The number of benzene rings is 2. The minimum Gasteiger partial charge on any atom is -0.497 e. The van der Waals surface area contributed by atoms with E-state index in [9.17, 15) is 14.4 Å². The van der Waals surface area contributed by atoms with Crippen molar-refractivity contribution in [1.82, 2.24) is 20.5 Å². The van der Waals surface area contributed by atoms with Gasteiger partial charge in [0.2, 0.25) is 5.91 Å². The highest BCUT2D eigenvalue weighted by Gasteiger charge is 2.35. The maximum atomic E-state index is 13.0. The number of likely N-dealkylation sites (tertiary alicyclic amines) is 1. The van der Waals surface area contributed by atoms with Crippen molar-refractivity contribution in [2.45, 2.75) is 31.3 Å². The first-order valence-electron chi connectivity index (χ1n) is 13.9. The molecule has 2 aromatic carbocycles. The van der Waals surface area contributed by atoms with Crippen LogP contribution in [-0.2, 0) is 11.3 Å². The molecule has 42 heavy (non-hydrogen) atoms. The quantitative estimate of drug-likeness (QED) is 0.256. The number of thiophene rings is 1. The summed E-state index contributed by atoms with van der Waals surface area (Å²) in [7, 11) is 1.58. The van der Waals surface area contributed by atoms with Gasteiger partial charge in [0, 0.05) is 37.3 Å². The minimum atomic E-state index is -0.152. The summed E-state index contributed by atoms with van der Waals surface area (Å²) in [5, 5.41) is 10.8. The number of hydrogen-bond acceptors (Lipinski definition) is 8. The highest BCUT2D eigenvalue weighted by Crippen LogP contribution is 2.36. The summed E-state index contributed by atoms with van der Waals surface area (Å²) in [6, 6.07) is 18.6. The number of ether oxygens (including phenoxy) is 1. The number of hydrogen-bond donors (Lipinski definition) is 3. The Balaban J connectivity index is 0.988. The van der Waals surface area contributed by atoms with Gasteiger partial charge in [-0.2, -0.15) is 0 Å². The van der Waals surface area contributed by atoms with Crippen molar-refractivity contribution in [2.24, 2.45) is 0 Å². The molecule has 2 aliphatic heterocycles. The molecular formula is C31H31N5O4S2. The van der Waals surface area contributed by atoms with Gasteiger partial charge in [0.15, 0.2) is 0 Å². The lowest BCUT2D eigenvalue weighted by Crippen LogP contribution is -2.48. The predicted octanol–water partition coefficient (Wildman–Crippen LogP) is 4.74. The SMILES string of the molecule is COc1cccc(C(=O)NCc2ccc(-c3cnc(C4CN(C(=O)c5ccc(NC(=O)[C@@H]6CCCN6)s5)C4)s3)cc2)c1. The molecule has 3 N–H and O–H groups in total. The van der Waals surface area contributed by atoms with E-state index in [0.29, 0.717) is 40.8 Å². The van der Waals surface area contributed by atoms with E-state index in [0.717, 1.165) is 40.4 Å². The molecule has 6 rings (SSSR count). The summed E-state index contributed by atoms with van der Waals surface area (Å²) in [5.41, 5.74) is 2.62. The van der Waals surface area contributed by atoms with Crippen molar-refractivity contribution < 1.29 is 19.1 Å². The van der Waals surface area contributed by atoms with E-state index in [1.54, 1.807) is 54.8 Å². The first kappa shape index (κ1) is 28.1. The van der Waals surface area contributed by atoms with Crippen LogP contribution in [0, 0.1) is 0 Å². The van der Waals surface area contributed by atoms with Crippen molar-refractivity contribution in [3.8, 4) is 16.2 Å². The van der Waals surface area contributed by atoms with E-state index in [1.807, 2.05) is 35.4 Å². The van der Waals surface area contributed by atoms with Gasteiger partial charge in [-0.1, -0.05) is 30.3 Å². The van der Waals surface area contributed by atoms with Gasteiger partial charge < -0.3 is 25.6 Å². The Kier molecular flexibility index (Phi) is 8.31. The fraction of sp³-hybridized carbons (Fsp3) is 0.290. The topological polar surface area (TPSA) is 113 Å². The summed E-state index contributed by atoms with van der Waals surface area (Å²) >= 11 is 2.96. The fourth-order valence-electron chi connectivity index (χ4n) is 5.04. The number of aromatic nitrogens is 1. The van der Waals surface area contributed by atoms with Gasteiger partial charge >= 0.3 is 0 Å². The predicted molar refractivity (Wildman–Crippen MR) is 164 cm³/mol. The van der Waals surface area contributed by atoms with Gasteiger partial charge in [-0.25, -0.2) is 4.98 Å². The molecule has 0 aliphatic carbocycles. The molecule has 3 amide bonds. The van der Waals surface area contributed by atoms with Crippen LogP contribution in [0.3, 0.4) is 0 Å². The molecule has 4 aromatic rings. The summed E-state index contributed by atoms with van der Waals surface area (Å²) in [6.07, 6.45) is 3.73. The summed E-state index contributed by atoms with van der Waals surface area (Å²) in [5.74, 6) is 0.657. The van der Waals surface area contributed by atoms with E-state index in [2.05, 4.69) is 20.9 Å². The van der Waals surface area contributed by atoms with Crippen LogP contribution in [0.15, 0.2) is 66.9 Å². The number of methoxy groups -OCH3 is 1. The molecule has 2 aliphatic rings. The van der Waals surface area contributed by atoms with Crippen molar-refractivity contribution in [3.63, 3.8) is 0 Å². The van der Waals surface area contributed by atoms with E-state index >= 15 is 0 Å². The maximum absolute atomic E-state index is 13.0. The Labute approximate surface area is 251 Å². The molecule has 0 radical (unpaired) electrons. The highest BCUT2D eigenvalue weighted by atomic mass is 32.1. The molecular weight excluding hydrogens is 571 g/mol. The lowest BCUT2D eigenvalue weighted by atomic mass is 10.0. The number of nitrogens with one attached hydrogen (secondary N) is 3. The van der Waals surface area contributed by atoms with E-state index in [-0.39, 0.29) is 29.7 Å². The highest BCUT2D eigenvalue weighted by molar-refractivity contribution is 7.18. The van der Waals surface area contributed by atoms with Crippen molar-refractivity contribution in [2.75, 3.05) is 32.1 Å². The minimum absolute atomic E-state index is 0.0124.